The lowest BCUT2D eigenvalue weighted by Gasteiger charge is -2.01. The van der Waals surface area contributed by atoms with Crippen molar-refractivity contribution in [2.24, 2.45) is 0 Å². The van der Waals surface area contributed by atoms with Crippen LogP contribution in [0.2, 0.25) is 0 Å². The molecule has 0 amide bonds. The van der Waals surface area contributed by atoms with Crippen molar-refractivity contribution in [1.82, 2.24) is 0 Å². The lowest BCUT2D eigenvalue weighted by molar-refractivity contribution is 0.673. The van der Waals surface area contributed by atoms with Gasteiger partial charge in [0.05, 0.1) is 0 Å². The van der Waals surface area contributed by atoms with Crippen LogP contribution in [0.15, 0.2) is 36.0 Å². The van der Waals surface area contributed by atoms with E-state index in [0.29, 0.717) is 0 Å². The van der Waals surface area contributed by atoms with Crippen LogP contribution in [0.1, 0.15) is 78.6 Å². The third-order valence-electron chi connectivity index (χ3n) is 3.31. The Bertz CT molecular complexity index is 255. The van der Waals surface area contributed by atoms with E-state index >= 15 is 0 Å². The summed E-state index contributed by atoms with van der Waals surface area (Å²) >= 11 is 0. The summed E-state index contributed by atoms with van der Waals surface area (Å²) in [5.41, 5.74) is 2.53. The Hall–Kier alpha value is -0.780. The molecule has 18 heavy (non-hydrogen) atoms. The molecule has 0 N–H and O–H groups in total. The van der Waals surface area contributed by atoms with Gasteiger partial charge >= 0.3 is 0 Å². The van der Waals surface area contributed by atoms with E-state index in [9.17, 15) is 0 Å². The molecule has 0 aromatic rings. The smallest absolute Gasteiger partial charge is 0.0306 e. The maximum Gasteiger partial charge on any atom is -0.0306 e. The first-order valence-corrected chi connectivity index (χ1v) is 7.74. The summed E-state index contributed by atoms with van der Waals surface area (Å²) in [4.78, 5) is 0. The van der Waals surface area contributed by atoms with Crippen LogP contribution >= 0.6 is 0 Å². The van der Waals surface area contributed by atoms with Gasteiger partial charge in [-0.1, -0.05) is 70.8 Å². The van der Waals surface area contributed by atoms with Crippen LogP contribution in [0.5, 0.6) is 0 Å². The van der Waals surface area contributed by atoms with Gasteiger partial charge in [-0.15, -0.1) is 0 Å². The van der Waals surface area contributed by atoms with Crippen LogP contribution in [0.3, 0.4) is 0 Å². The van der Waals surface area contributed by atoms with Gasteiger partial charge in [0.25, 0.3) is 0 Å². The molecule has 0 rings (SSSR count). The van der Waals surface area contributed by atoms with Gasteiger partial charge in [-0.25, -0.2) is 0 Å². The molecule has 0 aliphatic carbocycles. The average Bonchev–Trinajstić information content (AvgIpc) is 2.37. The first-order chi connectivity index (χ1) is 8.72. The molecule has 0 aromatic heterocycles. The van der Waals surface area contributed by atoms with E-state index in [4.69, 9.17) is 0 Å². The summed E-state index contributed by atoms with van der Waals surface area (Å²) < 4.78 is 0. The Morgan fingerprint density at radius 1 is 0.889 bits per heavy atom. The lowest BCUT2D eigenvalue weighted by atomic mass is 10.0. The molecule has 0 nitrogen and oxygen atoms in total. The molecule has 0 aliphatic heterocycles. The number of allylic oxidation sites excluding steroid dienone is 5. The van der Waals surface area contributed by atoms with Crippen LogP contribution in [0.4, 0.5) is 0 Å². The van der Waals surface area contributed by atoms with E-state index in [1.54, 1.807) is 0 Å². The normalized spacial score (nSPS) is 12.3. The zero-order chi connectivity index (χ0) is 13.6. The molecular weight excluding hydrogens is 216 g/mol. The van der Waals surface area contributed by atoms with E-state index in [0.717, 1.165) is 0 Å². The first kappa shape index (κ1) is 17.2. The summed E-state index contributed by atoms with van der Waals surface area (Å²) in [6, 6.07) is 0. The van der Waals surface area contributed by atoms with Gasteiger partial charge in [0, 0.05) is 0 Å². The van der Waals surface area contributed by atoms with E-state index in [1.807, 2.05) is 0 Å². The Kier molecular flexibility index (Phi) is 12.1. The Morgan fingerprint density at radius 3 is 2.17 bits per heavy atom. The molecule has 0 fully saturated rings. The van der Waals surface area contributed by atoms with E-state index < -0.39 is 0 Å². The minimum Gasteiger partial charge on any atom is -0.0915 e. The number of hydrogen-bond donors (Lipinski definition) is 0. The second-order valence-electron chi connectivity index (χ2n) is 5.16. The molecular formula is C18H32. The van der Waals surface area contributed by atoms with Crippen molar-refractivity contribution in [1.29, 1.82) is 0 Å². The minimum atomic E-state index is 1.18. The fraction of sp³-hybridized carbons (Fsp3) is 0.667. The topological polar surface area (TPSA) is 0 Å². The predicted octanol–water partition coefficient (Wildman–Crippen LogP) is 6.60. The molecule has 0 radical (unpaired) electrons. The van der Waals surface area contributed by atoms with Crippen molar-refractivity contribution >= 4 is 0 Å². The van der Waals surface area contributed by atoms with Crippen LogP contribution < -0.4 is 0 Å². The molecule has 0 bridgehead atoms. The van der Waals surface area contributed by atoms with Crippen molar-refractivity contribution in [2.45, 2.75) is 78.6 Å². The second-order valence-corrected chi connectivity index (χ2v) is 5.16. The molecule has 0 spiro atoms. The van der Waals surface area contributed by atoms with Gasteiger partial charge in [0.2, 0.25) is 0 Å². The maximum absolute atomic E-state index is 4.13. The SMILES string of the molecule is C=C(C=CCCCCC)C(C)=CCCCCCC. The third kappa shape index (κ3) is 10.4. The average molecular weight is 248 g/mol. The molecule has 0 heterocycles. The summed E-state index contributed by atoms with van der Waals surface area (Å²) in [6.07, 6.45) is 18.5. The molecule has 0 unspecified atom stereocenters. The number of rotatable bonds is 11. The van der Waals surface area contributed by atoms with Crippen molar-refractivity contribution in [3.63, 3.8) is 0 Å². The first-order valence-electron chi connectivity index (χ1n) is 7.74. The van der Waals surface area contributed by atoms with Gasteiger partial charge < -0.3 is 0 Å². The van der Waals surface area contributed by atoms with Crippen molar-refractivity contribution in [3.8, 4) is 0 Å². The summed E-state index contributed by atoms with van der Waals surface area (Å²) in [5.74, 6) is 0. The molecule has 0 aliphatic rings. The minimum absolute atomic E-state index is 1.18. The predicted molar refractivity (Wildman–Crippen MR) is 84.9 cm³/mol. The maximum atomic E-state index is 4.13. The Morgan fingerprint density at radius 2 is 1.50 bits per heavy atom. The molecule has 0 aromatic carbocycles. The van der Waals surface area contributed by atoms with Gasteiger partial charge in [0.1, 0.15) is 0 Å². The van der Waals surface area contributed by atoms with E-state index in [2.05, 4.69) is 45.6 Å². The molecule has 104 valence electrons. The van der Waals surface area contributed by atoms with Gasteiger partial charge in [0.15, 0.2) is 0 Å². The standard InChI is InChI=1S/C18H32/c1-5-7-9-11-13-15-17(3)18(4)16-14-12-10-8-6-2/h13,15-16H,3,5-12,14H2,1-2,4H3. The highest BCUT2D eigenvalue weighted by Crippen LogP contribution is 2.12. The summed E-state index contributed by atoms with van der Waals surface area (Å²) in [7, 11) is 0. The fourth-order valence-electron chi connectivity index (χ4n) is 1.89. The van der Waals surface area contributed by atoms with Crippen LogP contribution in [-0.2, 0) is 0 Å². The second kappa shape index (κ2) is 12.7. The van der Waals surface area contributed by atoms with Crippen molar-refractivity contribution in [3.05, 3.63) is 36.0 Å². The zero-order valence-electron chi connectivity index (χ0n) is 12.8. The number of unbranched alkanes of at least 4 members (excludes halogenated alkanes) is 7. The quantitative estimate of drug-likeness (QED) is 0.285. The zero-order valence-corrected chi connectivity index (χ0v) is 12.8. The highest BCUT2D eigenvalue weighted by Gasteiger charge is 1.92. The highest BCUT2D eigenvalue weighted by atomic mass is 14.0. The van der Waals surface area contributed by atoms with Crippen LogP contribution in [-0.4, -0.2) is 0 Å². The largest absolute Gasteiger partial charge is 0.0915 e. The van der Waals surface area contributed by atoms with Gasteiger partial charge in [-0.3, -0.25) is 0 Å². The lowest BCUT2D eigenvalue weighted by Crippen LogP contribution is -1.81. The van der Waals surface area contributed by atoms with Crippen molar-refractivity contribution in [2.75, 3.05) is 0 Å². The van der Waals surface area contributed by atoms with Gasteiger partial charge in [-0.2, -0.15) is 0 Å². The number of hydrogen-bond acceptors (Lipinski definition) is 0. The summed E-state index contributed by atoms with van der Waals surface area (Å²) in [6.45, 7) is 10.8. The Labute approximate surface area is 115 Å². The third-order valence-corrected chi connectivity index (χ3v) is 3.31. The van der Waals surface area contributed by atoms with Crippen LogP contribution in [0.25, 0.3) is 0 Å². The molecule has 0 atom stereocenters. The van der Waals surface area contributed by atoms with Gasteiger partial charge in [-0.05, 0) is 43.8 Å². The molecule has 0 heteroatoms. The monoisotopic (exact) mass is 248 g/mol. The van der Waals surface area contributed by atoms with E-state index in [-0.39, 0.29) is 0 Å². The van der Waals surface area contributed by atoms with Crippen molar-refractivity contribution < 1.29 is 0 Å². The Balaban J connectivity index is 3.76. The fourth-order valence-corrected chi connectivity index (χ4v) is 1.89. The van der Waals surface area contributed by atoms with Crippen LogP contribution in [0, 0.1) is 0 Å². The molecule has 0 saturated heterocycles. The van der Waals surface area contributed by atoms with E-state index in [1.165, 1.54) is 68.9 Å². The highest BCUT2D eigenvalue weighted by molar-refractivity contribution is 5.35. The summed E-state index contributed by atoms with van der Waals surface area (Å²) in [5, 5.41) is 0. The molecule has 0 saturated carbocycles.